The van der Waals surface area contributed by atoms with Gasteiger partial charge in [-0.15, -0.1) is 11.8 Å². The summed E-state index contributed by atoms with van der Waals surface area (Å²) in [4.78, 5) is 1.40. The van der Waals surface area contributed by atoms with Crippen molar-refractivity contribution in [1.29, 1.82) is 0 Å². The van der Waals surface area contributed by atoms with Gasteiger partial charge in [0.25, 0.3) is 0 Å². The molecule has 0 aliphatic carbocycles. The van der Waals surface area contributed by atoms with Crippen molar-refractivity contribution in [2.24, 2.45) is 5.92 Å². The van der Waals surface area contributed by atoms with Crippen LogP contribution in [0, 0.1) is 5.92 Å². The van der Waals surface area contributed by atoms with Crippen LogP contribution in [0.2, 0.25) is 0 Å². The highest BCUT2D eigenvalue weighted by atomic mass is 32.2. The van der Waals surface area contributed by atoms with Gasteiger partial charge in [0, 0.05) is 29.9 Å². The van der Waals surface area contributed by atoms with E-state index in [0.717, 1.165) is 31.6 Å². The van der Waals surface area contributed by atoms with Crippen molar-refractivity contribution >= 4 is 11.8 Å². The summed E-state index contributed by atoms with van der Waals surface area (Å²) in [5.41, 5.74) is 1.39. The van der Waals surface area contributed by atoms with Crippen molar-refractivity contribution in [2.75, 3.05) is 19.8 Å². The Morgan fingerprint density at radius 1 is 1.32 bits per heavy atom. The summed E-state index contributed by atoms with van der Waals surface area (Å²) in [7, 11) is 0. The monoisotopic (exact) mass is 279 g/mol. The summed E-state index contributed by atoms with van der Waals surface area (Å²) < 4.78 is 5.41. The quantitative estimate of drug-likeness (QED) is 0.858. The van der Waals surface area contributed by atoms with Gasteiger partial charge in [0.2, 0.25) is 0 Å². The molecular weight excluding hydrogens is 254 g/mol. The molecule has 1 aromatic rings. The lowest BCUT2D eigenvalue weighted by Crippen LogP contribution is -2.19. The average Bonchev–Trinajstić information content (AvgIpc) is 2.40. The largest absolute Gasteiger partial charge is 0.381 e. The summed E-state index contributed by atoms with van der Waals surface area (Å²) in [5, 5.41) is 4.23. The van der Waals surface area contributed by atoms with Crippen LogP contribution in [-0.2, 0) is 11.3 Å². The highest BCUT2D eigenvalue weighted by molar-refractivity contribution is 8.00. The van der Waals surface area contributed by atoms with Crippen molar-refractivity contribution in [3.05, 3.63) is 29.8 Å². The van der Waals surface area contributed by atoms with E-state index in [9.17, 15) is 0 Å². The van der Waals surface area contributed by atoms with Crippen LogP contribution in [0.25, 0.3) is 0 Å². The second kappa shape index (κ2) is 7.93. The smallest absolute Gasteiger partial charge is 0.0476 e. The molecule has 19 heavy (non-hydrogen) atoms. The first-order valence-corrected chi connectivity index (χ1v) is 8.16. The van der Waals surface area contributed by atoms with Crippen molar-refractivity contribution in [2.45, 2.75) is 43.4 Å². The minimum Gasteiger partial charge on any atom is -0.381 e. The maximum absolute atomic E-state index is 5.41. The Kier molecular flexibility index (Phi) is 6.21. The van der Waals surface area contributed by atoms with Crippen LogP contribution in [0.1, 0.15) is 32.3 Å². The maximum atomic E-state index is 5.41. The third-order valence-electron chi connectivity index (χ3n) is 3.25. The average molecular weight is 279 g/mol. The number of ether oxygens (including phenoxy) is 1. The minimum absolute atomic E-state index is 0.708. The SMILES string of the molecule is CC(C)CNCc1cccc(SC2CCOCC2)c1. The third-order valence-corrected chi connectivity index (χ3v) is 4.58. The highest BCUT2D eigenvalue weighted by Crippen LogP contribution is 2.30. The summed E-state index contributed by atoms with van der Waals surface area (Å²) in [6, 6.07) is 8.94. The standard InChI is InChI=1S/C16H25NOS/c1-13(2)11-17-12-14-4-3-5-16(10-14)19-15-6-8-18-9-7-15/h3-5,10,13,15,17H,6-9,11-12H2,1-2H3. The Labute approximate surface area is 121 Å². The van der Waals surface area contributed by atoms with Crippen LogP contribution in [0.5, 0.6) is 0 Å². The zero-order chi connectivity index (χ0) is 13.5. The van der Waals surface area contributed by atoms with Gasteiger partial charge in [-0.25, -0.2) is 0 Å². The Bertz CT molecular complexity index is 375. The fourth-order valence-corrected chi connectivity index (χ4v) is 3.41. The van der Waals surface area contributed by atoms with E-state index >= 15 is 0 Å². The topological polar surface area (TPSA) is 21.3 Å². The second-order valence-corrected chi connectivity index (χ2v) is 6.98. The minimum atomic E-state index is 0.708. The molecule has 1 heterocycles. The van der Waals surface area contributed by atoms with E-state index in [1.807, 2.05) is 11.8 Å². The van der Waals surface area contributed by atoms with E-state index in [2.05, 4.69) is 43.4 Å². The predicted molar refractivity (Wildman–Crippen MR) is 82.7 cm³/mol. The molecular formula is C16H25NOS. The molecule has 106 valence electrons. The molecule has 0 spiro atoms. The lowest BCUT2D eigenvalue weighted by Gasteiger charge is -2.21. The Balaban J connectivity index is 1.83. The van der Waals surface area contributed by atoms with Crippen LogP contribution < -0.4 is 5.32 Å². The molecule has 1 saturated heterocycles. The second-order valence-electron chi connectivity index (χ2n) is 5.60. The Hall–Kier alpha value is -0.510. The molecule has 1 aliphatic heterocycles. The normalized spacial score (nSPS) is 17.0. The van der Waals surface area contributed by atoms with Gasteiger partial charge in [-0.3, -0.25) is 0 Å². The van der Waals surface area contributed by atoms with Gasteiger partial charge in [-0.1, -0.05) is 26.0 Å². The molecule has 0 radical (unpaired) electrons. The van der Waals surface area contributed by atoms with E-state index in [4.69, 9.17) is 4.74 Å². The summed E-state index contributed by atoms with van der Waals surface area (Å²) >= 11 is 2.01. The maximum Gasteiger partial charge on any atom is 0.0476 e. The van der Waals surface area contributed by atoms with Crippen LogP contribution in [0.15, 0.2) is 29.2 Å². The number of hydrogen-bond acceptors (Lipinski definition) is 3. The molecule has 0 bridgehead atoms. The molecule has 2 rings (SSSR count). The zero-order valence-electron chi connectivity index (χ0n) is 12.0. The lowest BCUT2D eigenvalue weighted by molar-refractivity contribution is 0.100. The first-order chi connectivity index (χ1) is 9.24. The molecule has 0 unspecified atom stereocenters. The van der Waals surface area contributed by atoms with Gasteiger partial charge in [-0.2, -0.15) is 0 Å². The molecule has 0 atom stereocenters. The molecule has 1 fully saturated rings. The number of rotatable bonds is 6. The van der Waals surface area contributed by atoms with E-state index in [0.29, 0.717) is 5.92 Å². The number of hydrogen-bond donors (Lipinski definition) is 1. The van der Waals surface area contributed by atoms with E-state index < -0.39 is 0 Å². The van der Waals surface area contributed by atoms with Crippen LogP contribution >= 0.6 is 11.8 Å². The lowest BCUT2D eigenvalue weighted by atomic mass is 10.2. The van der Waals surface area contributed by atoms with Gasteiger partial charge in [0.1, 0.15) is 0 Å². The van der Waals surface area contributed by atoms with E-state index in [1.54, 1.807) is 0 Å². The first kappa shape index (κ1) is 14.9. The van der Waals surface area contributed by atoms with Gasteiger partial charge in [-0.05, 0) is 43.0 Å². The summed E-state index contributed by atoms with van der Waals surface area (Å²) in [6.45, 7) is 8.38. The van der Waals surface area contributed by atoms with Gasteiger partial charge >= 0.3 is 0 Å². The predicted octanol–water partition coefficient (Wildman–Crippen LogP) is 3.70. The van der Waals surface area contributed by atoms with Crippen LogP contribution in [0.3, 0.4) is 0 Å². The Morgan fingerprint density at radius 2 is 2.11 bits per heavy atom. The molecule has 0 aromatic heterocycles. The molecule has 1 N–H and O–H groups in total. The molecule has 0 amide bonds. The van der Waals surface area contributed by atoms with Crippen LogP contribution in [0.4, 0.5) is 0 Å². The number of benzene rings is 1. The van der Waals surface area contributed by atoms with E-state index in [-0.39, 0.29) is 0 Å². The molecule has 2 nitrogen and oxygen atoms in total. The van der Waals surface area contributed by atoms with Gasteiger partial charge < -0.3 is 10.1 Å². The van der Waals surface area contributed by atoms with Crippen molar-refractivity contribution < 1.29 is 4.74 Å². The zero-order valence-corrected chi connectivity index (χ0v) is 12.8. The molecule has 1 aromatic carbocycles. The fraction of sp³-hybridized carbons (Fsp3) is 0.625. The number of thioether (sulfide) groups is 1. The van der Waals surface area contributed by atoms with Crippen molar-refractivity contribution in [3.8, 4) is 0 Å². The van der Waals surface area contributed by atoms with Crippen LogP contribution in [-0.4, -0.2) is 25.0 Å². The summed E-state index contributed by atoms with van der Waals surface area (Å²) in [6.07, 6.45) is 2.36. The van der Waals surface area contributed by atoms with Gasteiger partial charge in [0.15, 0.2) is 0 Å². The number of nitrogens with one attached hydrogen (secondary N) is 1. The molecule has 1 aliphatic rings. The van der Waals surface area contributed by atoms with Gasteiger partial charge in [0.05, 0.1) is 0 Å². The molecule has 3 heteroatoms. The van der Waals surface area contributed by atoms with E-state index in [1.165, 1.54) is 23.3 Å². The Morgan fingerprint density at radius 3 is 2.84 bits per heavy atom. The third kappa shape index (κ3) is 5.55. The summed E-state index contributed by atoms with van der Waals surface area (Å²) in [5.74, 6) is 0.708. The van der Waals surface area contributed by atoms with Crippen molar-refractivity contribution in [3.63, 3.8) is 0 Å². The van der Waals surface area contributed by atoms with Crippen molar-refractivity contribution in [1.82, 2.24) is 5.32 Å². The first-order valence-electron chi connectivity index (χ1n) is 7.28. The molecule has 0 saturated carbocycles. The fourth-order valence-electron chi connectivity index (χ4n) is 2.22. The highest BCUT2D eigenvalue weighted by Gasteiger charge is 2.14.